The van der Waals surface area contributed by atoms with Gasteiger partial charge in [0.2, 0.25) is 5.82 Å². The first kappa shape index (κ1) is 14.0. The van der Waals surface area contributed by atoms with Crippen molar-refractivity contribution in [2.24, 2.45) is 0 Å². The fourth-order valence-corrected chi connectivity index (χ4v) is 2.03. The Morgan fingerprint density at radius 2 is 1.64 bits per heavy atom. The maximum Gasteiger partial charge on any atom is 0.337 e. The molecule has 0 saturated heterocycles. The maximum atomic E-state index is 11.4. The van der Waals surface area contributed by atoms with E-state index in [9.17, 15) is 4.79 Å². The summed E-state index contributed by atoms with van der Waals surface area (Å²) in [6, 6.07) is 14.7. The maximum absolute atomic E-state index is 11.4. The molecule has 0 aliphatic carbocycles. The normalized spacial score (nSPS) is 10.5. The molecule has 5 nitrogen and oxygen atoms in total. The number of hydrogen-bond acceptors (Lipinski definition) is 5. The highest BCUT2D eigenvalue weighted by atomic mass is 16.5. The third-order valence-corrected chi connectivity index (χ3v) is 3.29. The predicted octanol–water partition coefficient (Wildman–Crippen LogP) is 3.50. The summed E-state index contributed by atoms with van der Waals surface area (Å²) in [4.78, 5) is 15.8. The lowest BCUT2D eigenvalue weighted by atomic mass is 10.1. The molecule has 22 heavy (non-hydrogen) atoms. The van der Waals surface area contributed by atoms with Crippen molar-refractivity contribution >= 4 is 5.97 Å². The van der Waals surface area contributed by atoms with Crippen molar-refractivity contribution in [3.05, 3.63) is 59.7 Å². The number of rotatable bonds is 3. The predicted molar refractivity (Wildman–Crippen MR) is 81.2 cm³/mol. The highest BCUT2D eigenvalue weighted by Crippen LogP contribution is 2.22. The number of aromatic nitrogens is 2. The van der Waals surface area contributed by atoms with E-state index in [0.29, 0.717) is 17.3 Å². The summed E-state index contributed by atoms with van der Waals surface area (Å²) in [6.45, 7) is 2.02. The van der Waals surface area contributed by atoms with Crippen molar-refractivity contribution in [2.75, 3.05) is 7.11 Å². The molecule has 0 spiro atoms. The number of ether oxygens (including phenoxy) is 1. The first-order valence-corrected chi connectivity index (χ1v) is 6.77. The fourth-order valence-electron chi connectivity index (χ4n) is 2.03. The summed E-state index contributed by atoms with van der Waals surface area (Å²) in [5.41, 5.74) is 3.29. The van der Waals surface area contributed by atoms with E-state index in [1.165, 1.54) is 12.7 Å². The summed E-state index contributed by atoms with van der Waals surface area (Å²) in [5.74, 6) is 0.566. The van der Waals surface area contributed by atoms with E-state index in [-0.39, 0.29) is 5.97 Å². The highest BCUT2D eigenvalue weighted by molar-refractivity contribution is 5.89. The average Bonchev–Trinajstić information content (AvgIpc) is 3.05. The lowest BCUT2D eigenvalue weighted by Gasteiger charge is -1.99. The molecule has 0 atom stereocenters. The molecule has 0 fully saturated rings. The van der Waals surface area contributed by atoms with Gasteiger partial charge in [-0.1, -0.05) is 35.0 Å². The standard InChI is InChI=1S/C17H14N2O3/c1-11-3-5-12(6-4-11)15-18-16(22-19-15)13-7-9-14(10-8-13)17(20)21-2/h3-10H,1-2H3. The zero-order valence-corrected chi connectivity index (χ0v) is 12.2. The minimum Gasteiger partial charge on any atom is -0.465 e. The molecule has 5 heteroatoms. The zero-order chi connectivity index (χ0) is 15.5. The van der Waals surface area contributed by atoms with Gasteiger partial charge in [0.1, 0.15) is 0 Å². The molecule has 3 rings (SSSR count). The number of esters is 1. The summed E-state index contributed by atoms with van der Waals surface area (Å²) in [5, 5.41) is 3.99. The van der Waals surface area contributed by atoms with Gasteiger partial charge in [-0.15, -0.1) is 0 Å². The first-order chi connectivity index (χ1) is 10.7. The molecule has 0 aliphatic rings. The van der Waals surface area contributed by atoms with Crippen LogP contribution in [-0.4, -0.2) is 23.2 Å². The van der Waals surface area contributed by atoms with Crippen LogP contribution < -0.4 is 0 Å². The second kappa shape index (κ2) is 5.81. The number of nitrogens with zero attached hydrogens (tertiary/aromatic N) is 2. The van der Waals surface area contributed by atoms with Crippen LogP contribution in [0.1, 0.15) is 15.9 Å². The van der Waals surface area contributed by atoms with Gasteiger partial charge in [0, 0.05) is 11.1 Å². The minimum atomic E-state index is -0.377. The Kier molecular flexibility index (Phi) is 3.70. The Morgan fingerprint density at radius 3 is 2.27 bits per heavy atom. The Balaban J connectivity index is 1.87. The van der Waals surface area contributed by atoms with Crippen LogP contribution in [0.5, 0.6) is 0 Å². The SMILES string of the molecule is COC(=O)c1ccc(-c2nc(-c3ccc(C)cc3)no2)cc1. The molecular formula is C17H14N2O3. The average molecular weight is 294 g/mol. The second-order valence-corrected chi connectivity index (χ2v) is 4.86. The van der Waals surface area contributed by atoms with Crippen molar-refractivity contribution < 1.29 is 14.1 Å². The van der Waals surface area contributed by atoms with E-state index in [2.05, 4.69) is 14.9 Å². The molecule has 1 heterocycles. The van der Waals surface area contributed by atoms with Gasteiger partial charge < -0.3 is 9.26 Å². The quantitative estimate of drug-likeness (QED) is 0.692. The first-order valence-electron chi connectivity index (χ1n) is 6.77. The fraction of sp³-hybridized carbons (Fsp3) is 0.118. The van der Waals surface area contributed by atoms with Crippen molar-refractivity contribution in [3.63, 3.8) is 0 Å². The van der Waals surface area contributed by atoms with Crippen LogP contribution in [0.2, 0.25) is 0 Å². The van der Waals surface area contributed by atoms with E-state index in [1.54, 1.807) is 24.3 Å². The topological polar surface area (TPSA) is 65.2 Å². The van der Waals surface area contributed by atoms with Gasteiger partial charge in [0.15, 0.2) is 0 Å². The lowest BCUT2D eigenvalue weighted by molar-refractivity contribution is 0.0601. The Hall–Kier alpha value is -2.95. The molecule has 110 valence electrons. The monoisotopic (exact) mass is 294 g/mol. The van der Waals surface area contributed by atoms with Crippen LogP contribution in [0.25, 0.3) is 22.8 Å². The van der Waals surface area contributed by atoms with Crippen LogP contribution in [0.3, 0.4) is 0 Å². The van der Waals surface area contributed by atoms with Gasteiger partial charge in [-0.25, -0.2) is 4.79 Å². The van der Waals surface area contributed by atoms with E-state index in [4.69, 9.17) is 4.52 Å². The largest absolute Gasteiger partial charge is 0.465 e. The molecule has 0 unspecified atom stereocenters. The second-order valence-electron chi connectivity index (χ2n) is 4.86. The minimum absolute atomic E-state index is 0.377. The van der Waals surface area contributed by atoms with Crippen LogP contribution in [0.15, 0.2) is 53.1 Å². The third-order valence-electron chi connectivity index (χ3n) is 3.29. The van der Waals surface area contributed by atoms with Crippen LogP contribution in [0.4, 0.5) is 0 Å². The van der Waals surface area contributed by atoms with Gasteiger partial charge >= 0.3 is 5.97 Å². The zero-order valence-electron chi connectivity index (χ0n) is 12.2. The van der Waals surface area contributed by atoms with Crippen molar-refractivity contribution in [1.82, 2.24) is 10.1 Å². The van der Waals surface area contributed by atoms with Crippen molar-refractivity contribution in [1.29, 1.82) is 0 Å². The molecular weight excluding hydrogens is 280 g/mol. The van der Waals surface area contributed by atoms with E-state index < -0.39 is 0 Å². The van der Waals surface area contributed by atoms with Gasteiger partial charge in [-0.3, -0.25) is 0 Å². The number of benzene rings is 2. The number of hydrogen-bond donors (Lipinski definition) is 0. The van der Waals surface area contributed by atoms with E-state index in [0.717, 1.165) is 11.1 Å². The molecule has 0 saturated carbocycles. The molecule has 0 radical (unpaired) electrons. The van der Waals surface area contributed by atoms with Crippen LogP contribution >= 0.6 is 0 Å². The molecule has 2 aromatic carbocycles. The Labute approximate surface area is 127 Å². The summed E-state index contributed by atoms with van der Waals surface area (Å²) in [7, 11) is 1.35. The third kappa shape index (κ3) is 2.74. The molecule has 0 N–H and O–H groups in total. The molecule has 1 aromatic heterocycles. The lowest BCUT2D eigenvalue weighted by Crippen LogP contribution is -2.00. The van der Waals surface area contributed by atoms with Crippen LogP contribution in [-0.2, 0) is 4.74 Å². The van der Waals surface area contributed by atoms with Gasteiger partial charge in [-0.05, 0) is 31.2 Å². The number of carbonyl (C=O) groups is 1. The van der Waals surface area contributed by atoms with E-state index in [1.807, 2.05) is 31.2 Å². The highest BCUT2D eigenvalue weighted by Gasteiger charge is 2.11. The smallest absolute Gasteiger partial charge is 0.337 e. The molecule has 0 aliphatic heterocycles. The summed E-state index contributed by atoms with van der Waals surface area (Å²) < 4.78 is 9.95. The Morgan fingerprint density at radius 1 is 1.00 bits per heavy atom. The van der Waals surface area contributed by atoms with Crippen LogP contribution in [0, 0.1) is 6.92 Å². The molecule has 3 aromatic rings. The van der Waals surface area contributed by atoms with E-state index >= 15 is 0 Å². The van der Waals surface area contributed by atoms with Gasteiger partial charge in [-0.2, -0.15) is 4.98 Å². The van der Waals surface area contributed by atoms with Crippen molar-refractivity contribution in [2.45, 2.75) is 6.92 Å². The summed E-state index contributed by atoms with van der Waals surface area (Å²) in [6.07, 6.45) is 0. The van der Waals surface area contributed by atoms with Crippen molar-refractivity contribution in [3.8, 4) is 22.8 Å². The molecule has 0 amide bonds. The number of methoxy groups -OCH3 is 1. The number of carbonyl (C=O) groups excluding carboxylic acids is 1. The van der Waals surface area contributed by atoms with Gasteiger partial charge in [0.25, 0.3) is 5.89 Å². The Bertz CT molecular complexity index is 790. The van der Waals surface area contributed by atoms with Gasteiger partial charge in [0.05, 0.1) is 12.7 Å². The number of aryl methyl sites for hydroxylation is 1. The summed E-state index contributed by atoms with van der Waals surface area (Å²) >= 11 is 0. The molecule has 0 bridgehead atoms.